The summed E-state index contributed by atoms with van der Waals surface area (Å²) >= 11 is 0. The molecule has 0 bridgehead atoms. The average molecular weight is 249 g/mol. The number of hydrogen-bond acceptors (Lipinski definition) is 4. The summed E-state index contributed by atoms with van der Waals surface area (Å²) in [6.45, 7) is 3.79. The van der Waals surface area contributed by atoms with E-state index in [-0.39, 0.29) is 0 Å². The van der Waals surface area contributed by atoms with Crippen LogP contribution in [-0.2, 0) is 10.8 Å². The number of pyridine rings is 1. The molecule has 1 fully saturated rings. The van der Waals surface area contributed by atoms with E-state index in [0.717, 1.165) is 24.5 Å². The molecule has 2 rings (SSSR count). The van der Waals surface area contributed by atoms with Crippen LogP contribution in [0.2, 0.25) is 0 Å². The van der Waals surface area contributed by atoms with Crippen LogP contribution in [0, 0.1) is 17.2 Å². The minimum absolute atomic E-state index is 0.414. The van der Waals surface area contributed by atoms with Crippen LogP contribution in [0.5, 0.6) is 0 Å². The molecule has 0 aromatic carbocycles. The first kappa shape index (κ1) is 12.1. The van der Waals surface area contributed by atoms with Crippen molar-refractivity contribution in [2.24, 2.45) is 5.92 Å². The van der Waals surface area contributed by atoms with Crippen molar-refractivity contribution in [3.8, 4) is 6.07 Å². The maximum Gasteiger partial charge on any atom is 0.142 e. The smallest absolute Gasteiger partial charge is 0.142 e. The monoisotopic (exact) mass is 249 g/mol. The fourth-order valence-corrected chi connectivity index (χ4v) is 3.38. The molecule has 1 saturated heterocycles. The van der Waals surface area contributed by atoms with Crippen molar-refractivity contribution < 1.29 is 4.21 Å². The Labute approximate surface area is 104 Å². The van der Waals surface area contributed by atoms with Crippen LogP contribution < -0.4 is 4.90 Å². The van der Waals surface area contributed by atoms with Crippen molar-refractivity contribution in [1.82, 2.24) is 4.98 Å². The lowest BCUT2D eigenvalue weighted by Gasteiger charge is -2.24. The van der Waals surface area contributed by atoms with E-state index in [1.807, 2.05) is 12.1 Å². The summed E-state index contributed by atoms with van der Waals surface area (Å²) in [6, 6.07) is 5.74. The minimum atomic E-state index is -0.712. The quantitative estimate of drug-likeness (QED) is 0.749. The van der Waals surface area contributed by atoms with Gasteiger partial charge in [-0.2, -0.15) is 5.26 Å². The molecule has 2 atom stereocenters. The highest BCUT2D eigenvalue weighted by atomic mass is 32.2. The third kappa shape index (κ3) is 3.04. The third-order valence-corrected chi connectivity index (χ3v) is 4.39. The van der Waals surface area contributed by atoms with E-state index in [4.69, 9.17) is 5.26 Å². The zero-order chi connectivity index (χ0) is 12.3. The van der Waals surface area contributed by atoms with Crippen LogP contribution in [-0.4, -0.2) is 33.8 Å². The standard InChI is InChI=1S/C12H15N3OS/c1-10-8-15(4-5-17(16)9-10)12-2-3-14-11(6-12)7-13/h2-3,6,10H,4-5,8-9H2,1H3. The molecule has 1 aromatic rings. The van der Waals surface area contributed by atoms with Crippen molar-refractivity contribution >= 4 is 16.5 Å². The van der Waals surface area contributed by atoms with Gasteiger partial charge >= 0.3 is 0 Å². The number of anilines is 1. The maximum absolute atomic E-state index is 11.6. The molecule has 1 aromatic heterocycles. The molecule has 0 N–H and O–H groups in total. The van der Waals surface area contributed by atoms with E-state index in [1.54, 1.807) is 12.3 Å². The summed E-state index contributed by atoms with van der Waals surface area (Å²) in [4.78, 5) is 6.15. The Bertz CT molecular complexity index is 469. The Morgan fingerprint density at radius 2 is 2.47 bits per heavy atom. The van der Waals surface area contributed by atoms with Gasteiger partial charge in [-0.25, -0.2) is 4.98 Å². The van der Waals surface area contributed by atoms with Crippen molar-refractivity contribution in [2.75, 3.05) is 29.5 Å². The van der Waals surface area contributed by atoms with Gasteiger partial charge in [-0.1, -0.05) is 6.92 Å². The van der Waals surface area contributed by atoms with Crippen molar-refractivity contribution in [3.05, 3.63) is 24.0 Å². The highest BCUT2D eigenvalue weighted by Gasteiger charge is 2.19. The number of hydrogen-bond donors (Lipinski definition) is 0. The molecule has 17 heavy (non-hydrogen) atoms. The van der Waals surface area contributed by atoms with Crippen LogP contribution in [0.25, 0.3) is 0 Å². The van der Waals surface area contributed by atoms with Gasteiger partial charge in [0.2, 0.25) is 0 Å². The lowest BCUT2D eigenvalue weighted by atomic mass is 10.2. The lowest BCUT2D eigenvalue weighted by Crippen LogP contribution is -2.29. The SMILES string of the molecule is CC1CN(c2ccnc(C#N)c2)CCS(=O)C1. The molecular weight excluding hydrogens is 234 g/mol. The summed E-state index contributed by atoms with van der Waals surface area (Å²) in [5, 5.41) is 8.83. The summed E-state index contributed by atoms with van der Waals surface area (Å²) in [5.74, 6) is 1.89. The highest BCUT2D eigenvalue weighted by Crippen LogP contribution is 2.18. The van der Waals surface area contributed by atoms with Gasteiger partial charge in [0.05, 0.1) is 0 Å². The number of nitriles is 1. The molecule has 1 aliphatic rings. The molecule has 2 heterocycles. The molecule has 4 nitrogen and oxygen atoms in total. The molecule has 0 radical (unpaired) electrons. The van der Waals surface area contributed by atoms with Gasteiger partial charge in [-0.15, -0.1) is 0 Å². The van der Waals surface area contributed by atoms with Gasteiger partial charge in [0.1, 0.15) is 11.8 Å². The van der Waals surface area contributed by atoms with Crippen LogP contribution in [0.15, 0.2) is 18.3 Å². The van der Waals surface area contributed by atoms with E-state index < -0.39 is 10.8 Å². The van der Waals surface area contributed by atoms with Crippen molar-refractivity contribution in [2.45, 2.75) is 6.92 Å². The fraction of sp³-hybridized carbons (Fsp3) is 0.500. The molecule has 90 valence electrons. The van der Waals surface area contributed by atoms with E-state index >= 15 is 0 Å². The molecule has 1 aliphatic heterocycles. The zero-order valence-corrected chi connectivity index (χ0v) is 10.6. The lowest BCUT2D eigenvalue weighted by molar-refractivity contribution is 0.630. The van der Waals surface area contributed by atoms with Gasteiger partial charge in [-0.05, 0) is 18.1 Å². The molecule has 5 heteroatoms. The van der Waals surface area contributed by atoms with Crippen LogP contribution in [0.3, 0.4) is 0 Å². The number of rotatable bonds is 1. The van der Waals surface area contributed by atoms with Crippen LogP contribution >= 0.6 is 0 Å². The normalized spacial score (nSPS) is 25.1. The Morgan fingerprint density at radius 3 is 3.24 bits per heavy atom. The molecule has 0 saturated carbocycles. The van der Waals surface area contributed by atoms with E-state index in [0.29, 0.717) is 17.4 Å². The molecule has 0 amide bonds. The third-order valence-electron chi connectivity index (χ3n) is 2.81. The second kappa shape index (κ2) is 5.28. The number of aromatic nitrogens is 1. The largest absolute Gasteiger partial charge is 0.370 e. The topological polar surface area (TPSA) is 57.0 Å². The van der Waals surface area contributed by atoms with E-state index in [9.17, 15) is 4.21 Å². The van der Waals surface area contributed by atoms with E-state index in [2.05, 4.69) is 16.8 Å². The summed E-state index contributed by atoms with van der Waals surface area (Å²) in [5.41, 5.74) is 1.43. The molecular formula is C12H15N3OS. The van der Waals surface area contributed by atoms with Crippen molar-refractivity contribution in [3.63, 3.8) is 0 Å². The predicted octanol–water partition coefficient (Wildman–Crippen LogP) is 1.16. The first-order chi connectivity index (χ1) is 8.19. The molecule has 0 aliphatic carbocycles. The minimum Gasteiger partial charge on any atom is -0.370 e. The second-order valence-electron chi connectivity index (χ2n) is 4.37. The average Bonchev–Trinajstić information content (AvgIpc) is 2.50. The zero-order valence-electron chi connectivity index (χ0n) is 9.80. The van der Waals surface area contributed by atoms with Crippen LogP contribution in [0.1, 0.15) is 12.6 Å². The molecule has 0 spiro atoms. The summed E-state index contributed by atoms with van der Waals surface area (Å²) < 4.78 is 11.6. The Balaban J connectivity index is 2.20. The summed E-state index contributed by atoms with van der Waals surface area (Å²) in [7, 11) is -0.712. The van der Waals surface area contributed by atoms with Crippen molar-refractivity contribution in [1.29, 1.82) is 5.26 Å². The first-order valence-corrected chi connectivity index (χ1v) is 7.14. The van der Waals surface area contributed by atoms with Gasteiger partial charge < -0.3 is 4.90 Å². The number of nitrogens with zero attached hydrogens (tertiary/aromatic N) is 3. The Kier molecular flexibility index (Phi) is 3.75. The van der Waals surface area contributed by atoms with Crippen LogP contribution in [0.4, 0.5) is 5.69 Å². The first-order valence-electron chi connectivity index (χ1n) is 5.65. The van der Waals surface area contributed by atoms with Gasteiger partial charge in [-0.3, -0.25) is 4.21 Å². The van der Waals surface area contributed by atoms with Gasteiger partial charge in [0.25, 0.3) is 0 Å². The highest BCUT2D eigenvalue weighted by molar-refractivity contribution is 7.85. The van der Waals surface area contributed by atoms with Gasteiger partial charge in [0.15, 0.2) is 0 Å². The fourth-order valence-electron chi connectivity index (χ4n) is 2.04. The maximum atomic E-state index is 11.6. The Morgan fingerprint density at radius 1 is 1.65 bits per heavy atom. The van der Waals surface area contributed by atoms with E-state index in [1.165, 1.54) is 0 Å². The predicted molar refractivity (Wildman–Crippen MR) is 68.2 cm³/mol. The Hall–Kier alpha value is -1.41. The summed E-state index contributed by atoms with van der Waals surface area (Å²) in [6.07, 6.45) is 1.65. The second-order valence-corrected chi connectivity index (χ2v) is 5.99. The van der Waals surface area contributed by atoms with Gasteiger partial charge in [0, 0.05) is 47.3 Å². The molecule has 2 unspecified atom stereocenters.